The smallest absolute Gasteiger partial charge is 0.328 e. The van der Waals surface area contributed by atoms with E-state index >= 15 is 0 Å². The van der Waals surface area contributed by atoms with Crippen molar-refractivity contribution in [3.63, 3.8) is 0 Å². The monoisotopic (exact) mass is 539 g/mol. The van der Waals surface area contributed by atoms with Gasteiger partial charge in [-0.3, -0.25) is 24.2 Å². The summed E-state index contributed by atoms with van der Waals surface area (Å²) in [4.78, 5) is 57.2. The van der Waals surface area contributed by atoms with Crippen LogP contribution in [0.2, 0.25) is 0 Å². The fourth-order valence-electron chi connectivity index (χ4n) is 3.91. The number of ketones is 2. The molecule has 1 saturated carbocycles. The van der Waals surface area contributed by atoms with Crippen molar-refractivity contribution in [3.8, 4) is 0 Å². The van der Waals surface area contributed by atoms with Gasteiger partial charge < -0.3 is 14.2 Å². The maximum Gasteiger partial charge on any atom is 0.328 e. The van der Waals surface area contributed by atoms with Crippen molar-refractivity contribution < 1.29 is 33.4 Å². The number of Topliss-reactive ketones (excluding diaryl/α,β-unsaturated/α-hetero) is 2. The molecule has 0 spiro atoms. The minimum absolute atomic E-state index is 0.0510. The third kappa shape index (κ3) is 7.70. The number of carbonyl (C=O) groups excluding carboxylic acids is 4. The van der Waals surface area contributed by atoms with Crippen molar-refractivity contribution >= 4 is 39.4 Å². The largest absolute Gasteiger partial charge is 0.466 e. The molecule has 0 aliphatic heterocycles. The summed E-state index contributed by atoms with van der Waals surface area (Å²) in [7, 11) is 0. The second kappa shape index (κ2) is 12.5. The molecule has 1 heterocycles. The van der Waals surface area contributed by atoms with Crippen LogP contribution in [-0.2, 0) is 28.6 Å². The van der Waals surface area contributed by atoms with Gasteiger partial charge in [0.05, 0.1) is 12.7 Å². The Morgan fingerprint density at radius 1 is 1.09 bits per heavy atom. The Hall–Kier alpha value is -2.13. The maximum atomic E-state index is 13.8. The van der Waals surface area contributed by atoms with Crippen LogP contribution in [0, 0.1) is 5.41 Å². The Labute approximate surface area is 209 Å². The van der Waals surface area contributed by atoms with Gasteiger partial charge in [0, 0.05) is 28.9 Å². The van der Waals surface area contributed by atoms with E-state index in [2.05, 4.69) is 20.9 Å². The van der Waals surface area contributed by atoms with Crippen LogP contribution in [0.5, 0.6) is 0 Å². The van der Waals surface area contributed by atoms with Crippen LogP contribution >= 0.6 is 15.9 Å². The van der Waals surface area contributed by atoms with Gasteiger partial charge in [-0.1, -0.05) is 19.3 Å². The molecule has 1 atom stereocenters. The van der Waals surface area contributed by atoms with Crippen molar-refractivity contribution in [3.05, 3.63) is 28.5 Å². The van der Waals surface area contributed by atoms with Gasteiger partial charge in [-0.05, 0) is 69.0 Å². The fourth-order valence-corrected chi connectivity index (χ4v) is 4.27. The molecule has 8 nitrogen and oxygen atoms in total. The molecule has 0 aromatic carbocycles. The Balaban J connectivity index is 2.48. The molecule has 0 N–H and O–H groups in total. The van der Waals surface area contributed by atoms with E-state index in [1.54, 1.807) is 27.7 Å². The quantitative estimate of drug-likeness (QED) is 0.227. The first-order chi connectivity index (χ1) is 16.0. The Morgan fingerprint density at radius 2 is 1.76 bits per heavy atom. The zero-order valence-corrected chi connectivity index (χ0v) is 21.9. The molecule has 1 fully saturated rings. The molecule has 0 radical (unpaired) electrons. The molecule has 2 rings (SSSR count). The van der Waals surface area contributed by atoms with Crippen LogP contribution in [0.4, 0.5) is 0 Å². The van der Waals surface area contributed by atoms with E-state index in [0.717, 1.165) is 32.1 Å². The highest BCUT2D eigenvalue weighted by Crippen LogP contribution is 2.35. The summed E-state index contributed by atoms with van der Waals surface area (Å²) in [5.41, 5.74) is -3.18. The van der Waals surface area contributed by atoms with Gasteiger partial charge in [-0.15, -0.1) is 0 Å². The normalized spacial score (nSPS) is 16.4. The van der Waals surface area contributed by atoms with Gasteiger partial charge in [0.1, 0.15) is 12.2 Å². The Bertz CT molecular complexity index is 889. The van der Waals surface area contributed by atoms with Crippen molar-refractivity contribution in [2.75, 3.05) is 13.2 Å². The van der Waals surface area contributed by atoms with Crippen LogP contribution in [0.15, 0.2) is 22.9 Å². The average molecular weight is 540 g/mol. The third-order valence-electron chi connectivity index (χ3n) is 5.59. The summed E-state index contributed by atoms with van der Waals surface area (Å²) in [5, 5.41) is 0. The van der Waals surface area contributed by atoms with Gasteiger partial charge in [0.15, 0.2) is 17.0 Å². The van der Waals surface area contributed by atoms with Crippen LogP contribution in [0.1, 0.15) is 83.0 Å². The van der Waals surface area contributed by atoms with Crippen LogP contribution in [0.25, 0.3) is 0 Å². The SMILES string of the molecule is CCOC(=O)CCC(C(=O)COC1CCCCC1)(C(=O)OC(C)(C)C)C(=O)c1cncc(Br)c1. The van der Waals surface area contributed by atoms with E-state index in [9.17, 15) is 19.2 Å². The molecular weight excluding hydrogens is 506 g/mol. The molecule has 1 aromatic heterocycles. The van der Waals surface area contributed by atoms with Crippen molar-refractivity contribution in [2.24, 2.45) is 5.41 Å². The zero-order valence-electron chi connectivity index (χ0n) is 20.4. The standard InChI is InChI=1S/C25H34BrNO7/c1-5-32-21(29)11-12-25(23(31)34-24(2,3)4,22(30)17-13-18(26)15-27-14-17)20(28)16-33-19-9-7-6-8-10-19/h13-15,19H,5-12,16H2,1-4H3. The summed E-state index contributed by atoms with van der Waals surface area (Å²) in [6.45, 7) is 6.31. The minimum Gasteiger partial charge on any atom is -0.466 e. The van der Waals surface area contributed by atoms with Gasteiger partial charge in [-0.25, -0.2) is 0 Å². The maximum absolute atomic E-state index is 13.8. The number of carbonyl (C=O) groups is 4. The van der Waals surface area contributed by atoms with E-state index in [-0.39, 0.29) is 31.1 Å². The summed E-state index contributed by atoms with van der Waals surface area (Å²) >= 11 is 3.27. The van der Waals surface area contributed by atoms with E-state index in [4.69, 9.17) is 14.2 Å². The molecule has 9 heteroatoms. The van der Waals surface area contributed by atoms with E-state index < -0.39 is 41.1 Å². The number of halogens is 1. The van der Waals surface area contributed by atoms with E-state index in [0.29, 0.717) is 4.47 Å². The van der Waals surface area contributed by atoms with Crippen molar-refractivity contribution in [2.45, 2.75) is 84.3 Å². The lowest BCUT2D eigenvalue weighted by molar-refractivity contribution is -0.169. The molecule has 1 aliphatic carbocycles. The molecule has 34 heavy (non-hydrogen) atoms. The highest BCUT2D eigenvalue weighted by Gasteiger charge is 2.55. The third-order valence-corrected chi connectivity index (χ3v) is 6.02. The molecule has 1 aromatic rings. The minimum atomic E-state index is -2.27. The van der Waals surface area contributed by atoms with Gasteiger partial charge >= 0.3 is 11.9 Å². The molecule has 0 saturated heterocycles. The predicted octanol–water partition coefficient (Wildman–Crippen LogP) is 4.62. The molecule has 0 amide bonds. The van der Waals surface area contributed by atoms with E-state index in [1.165, 1.54) is 18.5 Å². The summed E-state index contributed by atoms with van der Waals surface area (Å²) in [5.74, 6) is -3.14. The van der Waals surface area contributed by atoms with Crippen molar-refractivity contribution in [1.82, 2.24) is 4.98 Å². The number of hydrogen-bond acceptors (Lipinski definition) is 8. The fraction of sp³-hybridized carbons (Fsp3) is 0.640. The molecule has 1 unspecified atom stereocenters. The molecular formula is C25H34BrNO7. The topological polar surface area (TPSA) is 109 Å². The summed E-state index contributed by atoms with van der Waals surface area (Å²) in [6.07, 6.45) is 6.71. The number of ether oxygens (including phenoxy) is 3. The Kier molecular flexibility index (Phi) is 10.4. The lowest BCUT2D eigenvalue weighted by Gasteiger charge is -2.32. The Morgan fingerprint density at radius 3 is 2.35 bits per heavy atom. The van der Waals surface area contributed by atoms with Gasteiger partial charge in [0.2, 0.25) is 0 Å². The van der Waals surface area contributed by atoms with Crippen LogP contribution in [-0.4, -0.2) is 53.4 Å². The molecule has 0 bridgehead atoms. The first-order valence-corrected chi connectivity index (χ1v) is 12.5. The second-order valence-corrected chi connectivity index (χ2v) is 10.3. The van der Waals surface area contributed by atoms with Crippen molar-refractivity contribution in [1.29, 1.82) is 0 Å². The molecule has 1 aliphatic rings. The first-order valence-electron chi connectivity index (χ1n) is 11.7. The van der Waals surface area contributed by atoms with Gasteiger partial charge in [0.25, 0.3) is 0 Å². The predicted molar refractivity (Wildman–Crippen MR) is 128 cm³/mol. The van der Waals surface area contributed by atoms with Crippen LogP contribution < -0.4 is 0 Å². The lowest BCUT2D eigenvalue weighted by Crippen LogP contribution is -2.51. The van der Waals surface area contributed by atoms with Gasteiger partial charge in [-0.2, -0.15) is 0 Å². The summed E-state index contributed by atoms with van der Waals surface area (Å²) in [6, 6.07) is 1.48. The van der Waals surface area contributed by atoms with Crippen LogP contribution in [0.3, 0.4) is 0 Å². The highest BCUT2D eigenvalue weighted by molar-refractivity contribution is 9.10. The summed E-state index contributed by atoms with van der Waals surface area (Å²) < 4.78 is 16.9. The number of nitrogens with zero attached hydrogens (tertiary/aromatic N) is 1. The highest BCUT2D eigenvalue weighted by atomic mass is 79.9. The first kappa shape index (κ1) is 28.1. The zero-order chi connectivity index (χ0) is 25.4. The lowest BCUT2D eigenvalue weighted by atomic mass is 9.73. The second-order valence-electron chi connectivity index (χ2n) is 9.43. The number of hydrogen-bond donors (Lipinski definition) is 0. The average Bonchev–Trinajstić information content (AvgIpc) is 2.77. The number of esters is 2. The van der Waals surface area contributed by atoms with E-state index in [1.807, 2.05) is 0 Å². The molecule has 188 valence electrons. The number of pyridine rings is 1. The number of rotatable bonds is 11. The number of aromatic nitrogens is 1.